The molecule has 0 bridgehead atoms. The fourth-order valence-corrected chi connectivity index (χ4v) is 2.68. The van der Waals surface area contributed by atoms with E-state index in [1.165, 1.54) is 18.2 Å². The van der Waals surface area contributed by atoms with Crippen molar-refractivity contribution in [1.82, 2.24) is 14.8 Å². The van der Waals surface area contributed by atoms with Gasteiger partial charge >= 0.3 is 0 Å². The summed E-state index contributed by atoms with van der Waals surface area (Å²) in [4.78, 5) is 12.4. The van der Waals surface area contributed by atoms with Gasteiger partial charge in [0.15, 0.2) is 10.6 Å². The molecule has 5 nitrogen and oxygen atoms in total. The molecule has 2 aromatic carbocycles. The number of H-pyrrole nitrogens is 1. The summed E-state index contributed by atoms with van der Waals surface area (Å²) in [5.74, 6) is -0.00856. The standard InChI is InChI=1S/C18H17FN4OS/c1-11-3-5-13(6-4-11)17-21-22-18(25)23(17)10-16(24)20-15-8-7-14(19)9-12(15)2/h3-9H,10H2,1-2H3,(H,20,24)(H,22,25). The molecule has 25 heavy (non-hydrogen) atoms. The van der Waals surface area contributed by atoms with Crippen LogP contribution < -0.4 is 5.32 Å². The maximum atomic E-state index is 13.2. The third-order valence-electron chi connectivity index (χ3n) is 3.83. The average molecular weight is 356 g/mol. The molecule has 0 aliphatic heterocycles. The van der Waals surface area contributed by atoms with Gasteiger partial charge in [-0.15, -0.1) is 0 Å². The third-order valence-corrected chi connectivity index (χ3v) is 4.14. The molecule has 1 amide bonds. The van der Waals surface area contributed by atoms with Gasteiger partial charge in [-0.05, 0) is 49.8 Å². The Balaban J connectivity index is 1.83. The minimum atomic E-state index is -0.339. The molecule has 2 N–H and O–H groups in total. The summed E-state index contributed by atoms with van der Waals surface area (Å²) < 4.78 is 15.2. The highest BCUT2D eigenvalue weighted by molar-refractivity contribution is 7.71. The number of carbonyl (C=O) groups excluding carboxylic acids is 1. The first kappa shape index (κ1) is 17.0. The highest BCUT2D eigenvalue weighted by Gasteiger charge is 2.13. The average Bonchev–Trinajstić information content (AvgIpc) is 2.92. The maximum Gasteiger partial charge on any atom is 0.244 e. The van der Waals surface area contributed by atoms with Crippen molar-refractivity contribution in [3.63, 3.8) is 0 Å². The van der Waals surface area contributed by atoms with Crippen LogP contribution in [-0.4, -0.2) is 20.7 Å². The first-order valence-corrected chi connectivity index (χ1v) is 8.13. The van der Waals surface area contributed by atoms with Gasteiger partial charge in [0.1, 0.15) is 12.4 Å². The van der Waals surface area contributed by atoms with Crippen LogP contribution in [0.5, 0.6) is 0 Å². The van der Waals surface area contributed by atoms with Crippen LogP contribution in [0.3, 0.4) is 0 Å². The lowest BCUT2D eigenvalue weighted by atomic mass is 10.1. The topological polar surface area (TPSA) is 62.7 Å². The summed E-state index contributed by atoms with van der Waals surface area (Å²) in [5, 5.41) is 9.72. The van der Waals surface area contributed by atoms with Crippen LogP contribution in [0, 0.1) is 24.4 Å². The van der Waals surface area contributed by atoms with Crippen LogP contribution in [-0.2, 0) is 11.3 Å². The van der Waals surface area contributed by atoms with Gasteiger partial charge in [-0.3, -0.25) is 14.5 Å². The summed E-state index contributed by atoms with van der Waals surface area (Å²) >= 11 is 5.24. The molecule has 0 saturated carbocycles. The van der Waals surface area contributed by atoms with Crippen LogP contribution in [0.15, 0.2) is 42.5 Å². The van der Waals surface area contributed by atoms with Gasteiger partial charge in [0.2, 0.25) is 5.91 Å². The molecule has 0 saturated heterocycles. The maximum absolute atomic E-state index is 13.2. The Bertz CT molecular complexity index is 975. The SMILES string of the molecule is Cc1ccc(-c2n[nH]c(=S)n2CC(=O)Nc2ccc(F)cc2C)cc1. The van der Waals surface area contributed by atoms with Gasteiger partial charge in [-0.25, -0.2) is 4.39 Å². The van der Waals surface area contributed by atoms with Crippen molar-refractivity contribution in [3.8, 4) is 11.4 Å². The fraction of sp³-hybridized carbons (Fsp3) is 0.167. The molecule has 1 aromatic heterocycles. The summed E-state index contributed by atoms with van der Waals surface area (Å²) in [6, 6.07) is 12.0. The Morgan fingerprint density at radius 1 is 1.24 bits per heavy atom. The number of amides is 1. The summed E-state index contributed by atoms with van der Waals surface area (Å²) in [7, 11) is 0. The van der Waals surface area contributed by atoms with E-state index in [1.807, 2.05) is 31.2 Å². The minimum Gasteiger partial charge on any atom is -0.324 e. The van der Waals surface area contributed by atoms with E-state index in [2.05, 4.69) is 15.5 Å². The largest absolute Gasteiger partial charge is 0.324 e. The molecule has 3 rings (SSSR count). The van der Waals surface area contributed by atoms with E-state index in [-0.39, 0.29) is 18.3 Å². The number of carbonyl (C=O) groups is 1. The normalized spacial score (nSPS) is 10.7. The second-order valence-corrected chi connectivity index (χ2v) is 6.20. The number of hydrogen-bond donors (Lipinski definition) is 2. The Labute approximate surface area is 149 Å². The number of aryl methyl sites for hydroxylation is 2. The number of aromatic amines is 1. The van der Waals surface area contributed by atoms with Crippen LogP contribution in [0.25, 0.3) is 11.4 Å². The number of aromatic nitrogens is 3. The van der Waals surface area contributed by atoms with E-state index in [0.29, 0.717) is 21.8 Å². The van der Waals surface area contributed by atoms with Gasteiger partial charge in [-0.1, -0.05) is 29.8 Å². The molecule has 7 heteroatoms. The van der Waals surface area contributed by atoms with Crippen LogP contribution in [0.2, 0.25) is 0 Å². The molecule has 0 atom stereocenters. The summed E-state index contributed by atoms with van der Waals surface area (Å²) in [6.07, 6.45) is 0. The Morgan fingerprint density at radius 2 is 1.96 bits per heavy atom. The molecule has 0 unspecified atom stereocenters. The lowest BCUT2D eigenvalue weighted by molar-refractivity contribution is -0.116. The summed E-state index contributed by atoms with van der Waals surface area (Å²) in [6.45, 7) is 3.74. The van der Waals surface area contributed by atoms with Crippen molar-refractivity contribution in [2.45, 2.75) is 20.4 Å². The fourth-order valence-electron chi connectivity index (χ4n) is 2.49. The van der Waals surface area contributed by atoms with Gasteiger partial charge in [0.25, 0.3) is 0 Å². The molecular formula is C18H17FN4OS. The molecule has 0 radical (unpaired) electrons. The van der Waals surface area contributed by atoms with Crippen molar-refractivity contribution < 1.29 is 9.18 Å². The molecular weight excluding hydrogens is 339 g/mol. The van der Waals surface area contributed by atoms with Crippen molar-refractivity contribution in [1.29, 1.82) is 0 Å². The van der Waals surface area contributed by atoms with E-state index >= 15 is 0 Å². The second kappa shape index (κ2) is 6.98. The predicted octanol–water partition coefficient (Wildman–Crippen LogP) is 4.00. The zero-order valence-corrected chi connectivity index (χ0v) is 14.7. The van der Waals surface area contributed by atoms with Gasteiger partial charge in [0.05, 0.1) is 0 Å². The Kier molecular flexibility index (Phi) is 4.76. The Hall–Kier alpha value is -2.80. The molecule has 1 heterocycles. The van der Waals surface area contributed by atoms with E-state index in [1.54, 1.807) is 11.5 Å². The highest BCUT2D eigenvalue weighted by Crippen LogP contribution is 2.19. The zero-order valence-electron chi connectivity index (χ0n) is 13.8. The number of rotatable bonds is 4. The molecule has 0 aliphatic rings. The van der Waals surface area contributed by atoms with Crippen molar-refractivity contribution in [3.05, 3.63) is 64.2 Å². The Morgan fingerprint density at radius 3 is 2.64 bits per heavy atom. The molecule has 0 fully saturated rings. The number of hydrogen-bond acceptors (Lipinski definition) is 3. The van der Waals surface area contributed by atoms with E-state index in [4.69, 9.17) is 12.2 Å². The van der Waals surface area contributed by atoms with Crippen LogP contribution >= 0.6 is 12.2 Å². The van der Waals surface area contributed by atoms with Gasteiger partial charge in [-0.2, -0.15) is 5.10 Å². The number of nitrogens with zero attached hydrogens (tertiary/aromatic N) is 2. The van der Waals surface area contributed by atoms with Gasteiger partial charge < -0.3 is 5.32 Å². The third kappa shape index (κ3) is 3.83. The molecule has 0 aliphatic carbocycles. The smallest absolute Gasteiger partial charge is 0.244 e. The lowest BCUT2D eigenvalue weighted by Crippen LogP contribution is -2.20. The first-order valence-electron chi connectivity index (χ1n) is 7.72. The number of anilines is 1. The second-order valence-electron chi connectivity index (χ2n) is 5.81. The molecule has 128 valence electrons. The zero-order chi connectivity index (χ0) is 18.0. The quantitative estimate of drug-likeness (QED) is 0.695. The van der Waals surface area contributed by atoms with Crippen LogP contribution in [0.1, 0.15) is 11.1 Å². The molecule has 0 spiro atoms. The van der Waals surface area contributed by atoms with E-state index in [0.717, 1.165) is 11.1 Å². The summed E-state index contributed by atoms with van der Waals surface area (Å²) in [5.41, 5.74) is 3.22. The highest BCUT2D eigenvalue weighted by atomic mass is 32.1. The van der Waals surface area contributed by atoms with Gasteiger partial charge in [0, 0.05) is 11.3 Å². The molecule has 3 aromatic rings. The minimum absolute atomic E-state index is 0.00929. The predicted molar refractivity (Wildman–Crippen MR) is 97.4 cm³/mol. The first-order chi connectivity index (χ1) is 11.9. The lowest BCUT2D eigenvalue weighted by Gasteiger charge is -2.10. The van der Waals surface area contributed by atoms with Crippen molar-refractivity contribution in [2.24, 2.45) is 0 Å². The monoisotopic (exact) mass is 356 g/mol. The number of halogens is 1. The number of nitrogens with one attached hydrogen (secondary N) is 2. The van der Waals surface area contributed by atoms with Crippen molar-refractivity contribution >= 4 is 23.8 Å². The van der Waals surface area contributed by atoms with Crippen molar-refractivity contribution in [2.75, 3.05) is 5.32 Å². The van der Waals surface area contributed by atoms with E-state index < -0.39 is 0 Å². The van der Waals surface area contributed by atoms with Crippen LogP contribution in [0.4, 0.5) is 10.1 Å². The number of benzene rings is 2. The van der Waals surface area contributed by atoms with E-state index in [9.17, 15) is 9.18 Å².